The molecule has 1 aromatic heterocycles. The molecular weight excluding hydrogens is 402 g/mol. The number of ether oxygens (including phenoxy) is 1. The minimum Gasteiger partial charge on any atom is -0.478 e. The first-order valence-electron chi connectivity index (χ1n) is 9.78. The standard InChI is InChI=1S/C18H21N3O2.C4H4O4/c1-3-8-14-16(18(22)23-4-2)15(12-9-6-5-7-10-12)13-11-19-21-17(13)20-14;5-3(6)1-2-4(7)8/h5-7,9-11,15H,3-4,8H2,1-2H3,(H2,19,20,21);1-2H,(H,5,6)(H,7,8). The Morgan fingerprint density at radius 1 is 1.10 bits per heavy atom. The van der Waals surface area contributed by atoms with Crippen LogP contribution in [0.15, 0.2) is 60.0 Å². The molecule has 0 saturated carbocycles. The highest BCUT2D eigenvalue weighted by molar-refractivity contribution is 5.94. The number of fused-ring (bicyclic) bond motifs is 1. The van der Waals surface area contributed by atoms with E-state index in [1.165, 1.54) is 0 Å². The molecule has 0 amide bonds. The van der Waals surface area contributed by atoms with Crippen molar-refractivity contribution in [2.45, 2.75) is 32.6 Å². The molecule has 1 atom stereocenters. The molecule has 1 aliphatic rings. The van der Waals surface area contributed by atoms with Gasteiger partial charge in [0, 0.05) is 29.3 Å². The molecule has 0 aliphatic carbocycles. The second-order valence-corrected chi connectivity index (χ2v) is 6.54. The number of rotatable bonds is 7. The van der Waals surface area contributed by atoms with E-state index >= 15 is 0 Å². The number of esters is 1. The van der Waals surface area contributed by atoms with E-state index < -0.39 is 11.9 Å². The Balaban J connectivity index is 0.000000366. The maximum atomic E-state index is 12.6. The number of hydrogen-bond acceptors (Lipinski definition) is 6. The van der Waals surface area contributed by atoms with Crippen LogP contribution in [0.2, 0.25) is 0 Å². The average molecular weight is 427 g/mol. The van der Waals surface area contributed by atoms with Crippen LogP contribution in [-0.4, -0.2) is 44.9 Å². The van der Waals surface area contributed by atoms with Crippen molar-refractivity contribution in [3.63, 3.8) is 0 Å². The molecule has 31 heavy (non-hydrogen) atoms. The van der Waals surface area contributed by atoms with Gasteiger partial charge in [-0.1, -0.05) is 43.7 Å². The van der Waals surface area contributed by atoms with Gasteiger partial charge in [-0.15, -0.1) is 0 Å². The Kier molecular flexibility index (Phi) is 8.56. The maximum absolute atomic E-state index is 12.6. The minimum atomic E-state index is -1.26. The summed E-state index contributed by atoms with van der Waals surface area (Å²) in [5.74, 6) is -2.08. The average Bonchev–Trinajstić information content (AvgIpc) is 3.21. The van der Waals surface area contributed by atoms with Gasteiger partial charge in [-0.25, -0.2) is 14.4 Å². The van der Waals surface area contributed by atoms with Crippen molar-refractivity contribution in [2.24, 2.45) is 0 Å². The van der Waals surface area contributed by atoms with Gasteiger partial charge in [0.25, 0.3) is 0 Å². The van der Waals surface area contributed by atoms with Crippen LogP contribution in [0, 0.1) is 0 Å². The highest BCUT2D eigenvalue weighted by atomic mass is 16.5. The number of carbonyl (C=O) groups is 3. The summed E-state index contributed by atoms with van der Waals surface area (Å²) in [4.78, 5) is 31.8. The van der Waals surface area contributed by atoms with Crippen molar-refractivity contribution in [1.29, 1.82) is 0 Å². The van der Waals surface area contributed by atoms with Crippen molar-refractivity contribution in [2.75, 3.05) is 11.9 Å². The number of carboxylic acids is 2. The van der Waals surface area contributed by atoms with Gasteiger partial charge in [-0.2, -0.15) is 5.10 Å². The normalized spacial score (nSPS) is 14.8. The van der Waals surface area contributed by atoms with E-state index in [0.717, 1.165) is 35.5 Å². The Morgan fingerprint density at radius 2 is 1.74 bits per heavy atom. The number of H-pyrrole nitrogens is 1. The summed E-state index contributed by atoms with van der Waals surface area (Å²) in [6, 6.07) is 10.0. The number of nitrogens with zero attached hydrogens (tertiary/aromatic N) is 1. The van der Waals surface area contributed by atoms with Gasteiger partial charge in [-0.05, 0) is 18.9 Å². The minimum absolute atomic E-state index is 0.160. The molecule has 0 fully saturated rings. The highest BCUT2D eigenvalue weighted by Gasteiger charge is 2.35. The monoisotopic (exact) mass is 427 g/mol. The smallest absolute Gasteiger partial charge is 0.336 e. The molecule has 0 saturated heterocycles. The zero-order valence-electron chi connectivity index (χ0n) is 17.3. The van der Waals surface area contributed by atoms with Crippen molar-refractivity contribution in [1.82, 2.24) is 10.2 Å². The van der Waals surface area contributed by atoms with E-state index in [-0.39, 0.29) is 11.9 Å². The van der Waals surface area contributed by atoms with Gasteiger partial charge in [0.1, 0.15) is 5.82 Å². The first-order chi connectivity index (χ1) is 14.9. The number of nitrogens with one attached hydrogen (secondary N) is 2. The Morgan fingerprint density at radius 3 is 2.29 bits per heavy atom. The molecule has 0 spiro atoms. The van der Waals surface area contributed by atoms with Gasteiger partial charge in [-0.3, -0.25) is 5.10 Å². The van der Waals surface area contributed by atoms with Gasteiger partial charge >= 0.3 is 17.9 Å². The lowest BCUT2D eigenvalue weighted by Crippen LogP contribution is -2.25. The summed E-state index contributed by atoms with van der Waals surface area (Å²) < 4.78 is 5.33. The summed E-state index contributed by atoms with van der Waals surface area (Å²) >= 11 is 0. The Hall–Kier alpha value is -3.88. The molecule has 1 unspecified atom stereocenters. The summed E-state index contributed by atoms with van der Waals surface area (Å²) in [6.07, 6.45) is 4.62. The largest absolute Gasteiger partial charge is 0.478 e. The fraction of sp³-hybridized carbons (Fsp3) is 0.273. The highest BCUT2D eigenvalue weighted by Crippen LogP contribution is 2.42. The molecule has 164 valence electrons. The summed E-state index contributed by atoms with van der Waals surface area (Å²) in [5.41, 5.74) is 3.64. The van der Waals surface area contributed by atoms with Gasteiger partial charge in [0.15, 0.2) is 0 Å². The number of carbonyl (C=O) groups excluding carboxylic acids is 1. The Bertz CT molecular complexity index is 962. The zero-order chi connectivity index (χ0) is 22.8. The first kappa shape index (κ1) is 23.4. The predicted octanol–water partition coefficient (Wildman–Crippen LogP) is 3.30. The van der Waals surface area contributed by atoms with Crippen molar-refractivity contribution < 1.29 is 29.3 Å². The third-order valence-corrected chi connectivity index (χ3v) is 4.37. The molecule has 0 radical (unpaired) electrons. The predicted molar refractivity (Wildman–Crippen MR) is 113 cm³/mol. The van der Waals surface area contributed by atoms with Crippen molar-refractivity contribution >= 4 is 23.7 Å². The third kappa shape index (κ3) is 6.30. The maximum Gasteiger partial charge on any atom is 0.336 e. The molecular formula is C22H25N3O6. The Labute approximate surface area is 179 Å². The lowest BCUT2D eigenvalue weighted by Gasteiger charge is -2.28. The van der Waals surface area contributed by atoms with Crippen LogP contribution in [0.5, 0.6) is 0 Å². The second-order valence-electron chi connectivity index (χ2n) is 6.54. The number of carboxylic acid groups (broad SMARTS) is 2. The summed E-state index contributed by atoms with van der Waals surface area (Å²) in [5, 5.41) is 26.1. The number of benzene rings is 1. The first-order valence-corrected chi connectivity index (χ1v) is 9.78. The van der Waals surface area contributed by atoms with Crippen LogP contribution in [0.25, 0.3) is 0 Å². The van der Waals surface area contributed by atoms with E-state index in [0.29, 0.717) is 24.3 Å². The molecule has 3 rings (SSSR count). The second kappa shape index (κ2) is 11.3. The summed E-state index contributed by atoms with van der Waals surface area (Å²) in [6.45, 7) is 4.29. The van der Waals surface area contributed by atoms with Crippen LogP contribution < -0.4 is 5.32 Å². The number of aromatic nitrogens is 2. The molecule has 9 nitrogen and oxygen atoms in total. The fourth-order valence-corrected chi connectivity index (χ4v) is 3.19. The number of hydrogen-bond donors (Lipinski definition) is 4. The van der Waals surface area contributed by atoms with Crippen LogP contribution in [0.4, 0.5) is 5.82 Å². The van der Waals surface area contributed by atoms with Crippen LogP contribution in [-0.2, 0) is 19.1 Å². The van der Waals surface area contributed by atoms with Gasteiger partial charge in [0.05, 0.1) is 18.4 Å². The number of aliphatic carboxylic acids is 2. The topological polar surface area (TPSA) is 142 Å². The third-order valence-electron chi connectivity index (χ3n) is 4.37. The molecule has 2 aromatic rings. The van der Waals surface area contributed by atoms with Crippen molar-refractivity contribution in [3.8, 4) is 0 Å². The SMILES string of the molecule is CCCC1=C(C(=O)OCC)C(c2ccccc2)c2cn[nH]c2N1.O=C(O)C=CC(=O)O. The van der Waals surface area contributed by atoms with Gasteiger partial charge in [0.2, 0.25) is 0 Å². The van der Waals surface area contributed by atoms with E-state index in [1.54, 1.807) is 6.20 Å². The van der Waals surface area contributed by atoms with E-state index in [9.17, 15) is 14.4 Å². The van der Waals surface area contributed by atoms with E-state index in [4.69, 9.17) is 14.9 Å². The van der Waals surface area contributed by atoms with Crippen molar-refractivity contribution in [3.05, 3.63) is 71.1 Å². The quantitative estimate of drug-likeness (QED) is 0.389. The number of allylic oxidation sites excluding steroid dienone is 1. The van der Waals surface area contributed by atoms with E-state index in [1.807, 2.05) is 37.3 Å². The summed E-state index contributed by atoms with van der Waals surface area (Å²) in [7, 11) is 0. The molecule has 1 aromatic carbocycles. The molecule has 4 N–H and O–H groups in total. The van der Waals surface area contributed by atoms with E-state index in [2.05, 4.69) is 22.4 Å². The van der Waals surface area contributed by atoms with Crippen LogP contribution in [0.1, 0.15) is 43.7 Å². The lowest BCUT2D eigenvalue weighted by atomic mass is 9.82. The number of aromatic amines is 1. The van der Waals surface area contributed by atoms with Crippen LogP contribution in [0.3, 0.4) is 0 Å². The molecule has 0 bridgehead atoms. The van der Waals surface area contributed by atoms with Crippen LogP contribution >= 0.6 is 0 Å². The fourth-order valence-electron chi connectivity index (χ4n) is 3.19. The molecule has 9 heteroatoms. The lowest BCUT2D eigenvalue weighted by molar-refractivity contribution is -0.139. The number of anilines is 1. The molecule has 1 aliphatic heterocycles. The molecule has 2 heterocycles. The zero-order valence-corrected chi connectivity index (χ0v) is 17.3. The van der Waals surface area contributed by atoms with Gasteiger partial charge < -0.3 is 20.3 Å².